The predicted molar refractivity (Wildman–Crippen MR) is 54.0 cm³/mol. The molecule has 0 aliphatic heterocycles. The number of ether oxygens (including phenoxy) is 2. The third-order valence-corrected chi connectivity index (χ3v) is 1.78. The van der Waals surface area contributed by atoms with Crippen molar-refractivity contribution in [3.8, 4) is 12.3 Å². The summed E-state index contributed by atoms with van der Waals surface area (Å²) in [5.74, 6) is 2.55. The maximum atomic E-state index is 10.4. The second kappa shape index (κ2) is 5.74. The van der Waals surface area contributed by atoms with Crippen LogP contribution in [0.3, 0.4) is 0 Å². The Hall–Kier alpha value is -0.920. The highest BCUT2D eigenvalue weighted by Crippen LogP contribution is 2.09. The molecule has 0 unspecified atom stereocenters. The first-order valence-electron chi connectivity index (χ1n) is 4.05. The van der Waals surface area contributed by atoms with E-state index in [1.807, 2.05) is 0 Å². The van der Waals surface area contributed by atoms with Gasteiger partial charge in [-0.1, -0.05) is 5.92 Å². The summed E-state index contributed by atoms with van der Waals surface area (Å²) in [6, 6.07) is 0. The SMILES string of the molecule is C#CC(C)(C)OC[C@@H](CCl)OC(N)=O. The van der Waals surface area contributed by atoms with E-state index in [1.54, 1.807) is 13.8 Å². The highest BCUT2D eigenvalue weighted by Gasteiger charge is 2.19. The zero-order valence-corrected chi connectivity index (χ0v) is 9.00. The Labute approximate surface area is 88.7 Å². The summed E-state index contributed by atoms with van der Waals surface area (Å²) >= 11 is 5.52. The molecular weight excluding hydrogens is 206 g/mol. The van der Waals surface area contributed by atoms with Crippen LogP contribution in [0.2, 0.25) is 0 Å². The van der Waals surface area contributed by atoms with Crippen molar-refractivity contribution < 1.29 is 14.3 Å². The first kappa shape index (κ1) is 13.1. The summed E-state index contributed by atoms with van der Waals surface area (Å²) in [7, 11) is 0. The Kier molecular flexibility index (Phi) is 5.36. The Morgan fingerprint density at radius 1 is 1.71 bits per heavy atom. The summed E-state index contributed by atoms with van der Waals surface area (Å²) in [6.07, 6.45) is 3.75. The molecule has 0 heterocycles. The van der Waals surface area contributed by atoms with Crippen molar-refractivity contribution in [2.75, 3.05) is 12.5 Å². The fourth-order valence-electron chi connectivity index (χ4n) is 0.617. The van der Waals surface area contributed by atoms with Gasteiger partial charge in [0.1, 0.15) is 11.7 Å². The quantitative estimate of drug-likeness (QED) is 0.557. The number of carbonyl (C=O) groups is 1. The van der Waals surface area contributed by atoms with E-state index in [0.717, 1.165) is 0 Å². The Bertz CT molecular complexity index is 235. The number of terminal acetylenes is 1. The third-order valence-electron chi connectivity index (χ3n) is 1.43. The summed E-state index contributed by atoms with van der Waals surface area (Å²) in [4.78, 5) is 10.4. The van der Waals surface area contributed by atoms with Crippen molar-refractivity contribution in [3.05, 3.63) is 0 Å². The van der Waals surface area contributed by atoms with E-state index in [9.17, 15) is 4.79 Å². The maximum Gasteiger partial charge on any atom is 0.404 e. The van der Waals surface area contributed by atoms with Crippen LogP contribution in [-0.4, -0.2) is 30.3 Å². The lowest BCUT2D eigenvalue weighted by Crippen LogP contribution is -2.33. The average Bonchev–Trinajstić information content (AvgIpc) is 2.12. The van der Waals surface area contributed by atoms with Crippen LogP contribution in [0.15, 0.2) is 0 Å². The van der Waals surface area contributed by atoms with E-state index in [1.165, 1.54) is 0 Å². The van der Waals surface area contributed by atoms with Gasteiger partial charge in [-0.3, -0.25) is 0 Å². The van der Waals surface area contributed by atoms with Gasteiger partial charge in [0.2, 0.25) is 0 Å². The fourth-order valence-corrected chi connectivity index (χ4v) is 0.769. The van der Waals surface area contributed by atoms with Crippen LogP contribution >= 0.6 is 11.6 Å². The van der Waals surface area contributed by atoms with E-state index in [0.29, 0.717) is 0 Å². The average molecular weight is 220 g/mol. The molecule has 0 aliphatic rings. The molecule has 0 saturated heterocycles. The number of amides is 1. The molecule has 0 rings (SSSR count). The molecule has 0 saturated carbocycles. The Morgan fingerprint density at radius 2 is 2.29 bits per heavy atom. The van der Waals surface area contributed by atoms with E-state index in [2.05, 4.69) is 10.7 Å². The molecule has 1 amide bonds. The molecule has 0 aliphatic carbocycles. The lowest BCUT2D eigenvalue weighted by atomic mass is 10.1. The molecule has 0 radical (unpaired) electrons. The highest BCUT2D eigenvalue weighted by atomic mass is 35.5. The van der Waals surface area contributed by atoms with Crippen molar-refractivity contribution in [1.29, 1.82) is 0 Å². The largest absolute Gasteiger partial charge is 0.443 e. The number of rotatable bonds is 5. The molecule has 0 aromatic carbocycles. The second-order valence-electron chi connectivity index (χ2n) is 3.18. The van der Waals surface area contributed by atoms with Crippen molar-refractivity contribution in [2.24, 2.45) is 5.73 Å². The van der Waals surface area contributed by atoms with Gasteiger partial charge in [0.15, 0.2) is 0 Å². The number of primary amides is 1. The Balaban J connectivity index is 3.97. The zero-order valence-electron chi connectivity index (χ0n) is 8.25. The van der Waals surface area contributed by atoms with Gasteiger partial charge in [-0.15, -0.1) is 18.0 Å². The number of carbonyl (C=O) groups excluding carboxylic acids is 1. The van der Waals surface area contributed by atoms with E-state index < -0.39 is 17.8 Å². The van der Waals surface area contributed by atoms with E-state index in [4.69, 9.17) is 28.5 Å². The molecule has 4 nitrogen and oxygen atoms in total. The highest BCUT2D eigenvalue weighted by molar-refractivity contribution is 6.18. The molecular formula is C9H14ClNO3. The number of halogens is 1. The van der Waals surface area contributed by atoms with Gasteiger partial charge in [-0.2, -0.15) is 0 Å². The number of hydrogen-bond donors (Lipinski definition) is 1. The van der Waals surface area contributed by atoms with Crippen molar-refractivity contribution in [2.45, 2.75) is 25.6 Å². The first-order chi connectivity index (χ1) is 6.41. The van der Waals surface area contributed by atoms with E-state index >= 15 is 0 Å². The lowest BCUT2D eigenvalue weighted by Gasteiger charge is -2.22. The molecule has 0 aromatic rings. The first-order valence-corrected chi connectivity index (χ1v) is 4.58. The van der Waals surface area contributed by atoms with Gasteiger partial charge in [-0.25, -0.2) is 4.79 Å². The van der Waals surface area contributed by atoms with Crippen LogP contribution in [0.5, 0.6) is 0 Å². The number of hydrogen-bond acceptors (Lipinski definition) is 3. The standard InChI is InChI=1S/C9H14ClNO3/c1-4-9(2,3)13-6-7(5-10)14-8(11)12/h1,7H,5-6H2,2-3H3,(H2,11,12)/t7-/m1/s1. The van der Waals surface area contributed by atoms with Crippen molar-refractivity contribution >= 4 is 17.7 Å². The number of alkyl halides is 1. The topological polar surface area (TPSA) is 61.6 Å². The maximum absolute atomic E-state index is 10.4. The Morgan fingerprint density at radius 3 is 2.64 bits per heavy atom. The number of nitrogens with two attached hydrogens (primary N) is 1. The van der Waals surface area contributed by atoms with Gasteiger partial charge >= 0.3 is 6.09 Å². The van der Waals surface area contributed by atoms with Crippen LogP contribution in [0.25, 0.3) is 0 Å². The molecule has 0 spiro atoms. The third kappa shape index (κ3) is 5.68. The van der Waals surface area contributed by atoms with Gasteiger partial charge in [0.25, 0.3) is 0 Å². The fraction of sp³-hybridized carbons (Fsp3) is 0.667. The molecule has 2 N–H and O–H groups in total. The second-order valence-corrected chi connectivity index (χ2v) is 3.49. The van der Waals surface area contributed by atoms with Gasteiger partial charge in [0, 0.05) is 0 Å². The monoisotopic (exact) mass is 219 g/mol. The van der Waals surface area contributed by atoms with Crippen LogP contribution < -0.4 is 5.73 Å². The van der Waals surface area contributed by atoms with Crippen LogP contribution in [0.4, 0.5) is 4.79 Å². The van der Waals surface area contributed by atoms with Crippen molar-refractivity contribution in [1.82, 2.24) is 0 Å². The minimum absolute atomic E-state index is 0.115. The molecule has 0 aromatic heterocycles. The van der Waals surface area contributed by atoms with Crippen LogP contribution in [0, 0.1) is 12.3 Å². The van der Waals surface area contributed by atoms with Gasteiger partial charge in [0.05, 0.1) is 12.5 Å². The van der Waals surface area contributed by atoms with Gasteiger partial charge < -0.3 is 15.2 Å². The molecule has 1 atom stereocenters. The molecule has 0 fully saturated rings. The predicted octanol–water partition coefficient (Wildman–Crippen LogP) is 1.12. The summed E-state index contributed by atoms with van der Waals surface area (Å²) in [5, 5.41) is 0. The van der Waals surface area contributed by atoms with E-state index in [-0.39, 0.29) is 12.5 Å². The minimum Gasteiger partial charge on any atom is -0.443 e. The normalized spacial score (nSPS) is 13.0. The molecule has 80 valence electrons. The zero-order chi connectivity index (χ0) is 11.2. The molecule has 5 heteroatoms. The smallest absolute Gasteiger partial charge is 0.404 e. The summed E-state index contributed by atoms with van der Waals surface area (Å²) in [6.45, 7) is 3.58. The molecule has 0 bridgehead atoms. The lowest BCUT2D eigenvalue weighted by molar-refractivity contribution is -0.0250. The van der Waals surface area contributed by atoms with Crippen LogP contribution in [-0.2, 0) is 9.47 Å². The molecule has 14 heavy (non-hydrogen) atoms. The van der Waals surface area contributed by atoms with Crippen LogP contribution in [0.1, 0.15) is 13.8 Å². The summed E-state index contributed by atoms with van der Waals surface area (Å²) < 4.78 is 9.93. The summed E-state index contributed by atoms with van der Waals surface area (Å²) in [5.41, 5.74) is 4.12. The van der Waals surface area contributed by atoms with Crippen molar-refractivity contribution in [3.63, 3.8) is 0 Å². The minimum atomic E-state index is -0.877. The van der Waals surface area contributed by atoms with Gasteiger partial charge in [-0.05, 0) is 13.8 Å².